The molecule has 1 unspecified atom stereocenters. The van der Waals surface area contributed by atoms with Crippen molar-refractivity contribution in [3.63, 3.8) is 0 Å². The van der Waals surface area contributed by atoms with Crippen LogP contribution in [0.4, 0.5) is 0 Å². The number of hydrogen-bond donors (Lipinski definition) is 1. The predicted octanol–water partition coefficient (Wildman–Crippen LogP) is 2.67. The fourth-order valence-corrected chi connectivity index (χ4v) is 7.44. The molecular formula is C18H24N2O5S3. The molecule has 0 radical (unpaired) electrons. The first-order valence-electron chi connectivity index (χ1n) is 9.04. The summed E-state index contributed by atoms with van der Waals surface area (Å²) < 4.78 is 60.6. The fraction of sp³-hybridized carbons (Fsp3) is 0.444. The van der Waals surface area contributed by atoms with Crippen molar-refractivity contribution in [3.05, 3.63) is 41.8 Å². The van der Waals surface area contributed by atoms with Crippen molar-refractivity contribution in [1.82, 2.24) is 9.03 Å². The van der Waals surface area contributed by atoms with Gasteiger partial charge in [0.1, 0.15) is 14.9 Å². The van der Waals surface area contributed by atoms with Crippen molar-refractivity contribution >= 4 is 31.4 Å². The third-order valence-corrected chi connectivity index (χ3v) is 9.58. The lowest BCUT2D eigenvalue weighted by Gasteiger charge is -2.34. The average molecular weight is 445 g/mol. The predicted molar refractivity (Wildman–Crippen MR) is 109 cm³/mol. The maximum atomic E-state index is 12.9. The van der Waals surface area contributed by atoms with E-state index in [1.807, 2.05) is 0 Å². The molecule has 3 rings (SSSR count). The van der Waals surface area contributed by atoms with Crippen molar-refractivity contribution in [3.8, 4) is 5.75 Å². The van der Waals surface area contributed by atoms with Crippen LogP contribution < -0.4 is 9.46 Å². The van der Waals surface area contributed by atoms with Crippen LogP contribution >= 0.6 is 11.3 Å². The highest BCUT2D eigenvalue weighted by molar-refractivity contribution is 7.91. The molecule has 1 atom stereocenters. The Labute approximate surface area is 170 Å². The van der Waals surface area contributed by atoms with Crippen LogP contribution in [0, 0.1) is 0 Å². The van der Waals surface area contributed by atoms with Gasteiger partial charge in [0.05, 0.1) is 7.11 Å². The zero-order valence-corrected chi connectivity index (χ0v) is 18.0. The number of benzene rings is 1. The third kappa shape index (κ3) is 4.57. The molecule has 1 aromatic heterocycles. The number of piperidine rings is 1. The van der Waals surface area contributed by atoms with Gasteiger partial charge in [-0.25, -0.2) is 21.6 Å². The Kier molecular flexibility index (Phi) is 6.77. The highest BCUT2D eigenvalue weighted by Crippen LogP contribution is 2.29. The first kappa shape index (κ1) is 21.3. The monoisotopic (exact) mass is 444 g/mol. The van der Waals surface area contributed by atoms with E-state index in [2.05, 4.69) is 4.72 Å². The number of rotatable bonds is 8. The van der Waals surface area contributed by atoms with Crippen LogP contribution in [0.1, 0.15) is 25.7 Å². The van der Waals surface area contributed by atoms with E-state index in [4.69, 9.17) is 4.74 Å². The number of methoxy groups -OCH3 is 1. The zero-order valence-electron chi connectivity index (χ0n) is 15.6. The molecule has 0 spiro atoms. The summed E-state index contributed by atoms with van der Waals surface area (Å²) in [6.45, 7) is 0.617. The first-order valence-corrected chi connectivity index (χ1v) is 12.8. The number of hydrogen-bond acceptors (Lipinski definition) is 6. The molecule has 1 saturated heterocycles. The molecule has 0 amide bonds. The molecule has 2 aromatic rings. The summed E-state index contributed by atoms with van der Waals surface area (Å²) >= 11 is 1.20. The SMILES string of the molecule is COc1ccccc1S(=O)(=O)NCCC1CCCCN1S(=O)(=O)c1cccs1. The van der Waals surface area contributed by atoms with Crippen LogP contribution in [0.3, 0.4) is 0 Å². The summed E-state index contributed by atoms with van der Waals surface area (Å²) in [5.41, 5.74) is 0. The third-order valence-electron chi connectivity index (χ3n) is 4.76. The van der Waals surface area contributed by atoms with Crippen LogP contribution in [0.15, 0.2) is 50.9 Å². The Balaban J connectivity index is 1.69. The van der Waals surface area contributed by atoms with Crippen molar-refractivity contribution in [1.29, 1.82) is 0 Å². The quantitative estimate of drug-likeness (QED) is 0.676. The minimum Gasteiger partial charge on any atom is -0.495 e. The minimum atomic E-state index is -3.74. The van der Waals surface area contributed by atoms with Gasteiger partial charge in [-0.2, -0.15) is 4.31 Å². The van der Waals surface area contributed by atoms with E-state index in [0.29, 0.717) is 17.2 Å². The van der Waals surface area contributed by atoms with Gasteiger partial charge in [-0.1, -0.05) is 24.6 Å². The van der Waals surface area contributed by atoms with Crippen molar-refractivity contribution < 1.29 is 21.6 Å². The van der Waals surface area contributed by atoms with Gasteiger partial charge in [0, 0.05) is 19.1 Å². The summed E-state index contributed by atoms with van der Waals surface area (Å²) in [5, 5.41) is 1.74. The van der Waals surface area contributed by atoms with Crippen LogP contribution in [0.2, 0.25) is 0 Å². The molecule has 1 aromatic carbocycles. The smallest absolute Gasteiger partial charge is 0.252 e. The minimum absolute atomic E-state index is 0.0733. The van der Waals surface area contributed by atoms with Gasteiger partial charge in [0.15, 0.2) is 0 Å². The van der Waals surface area contributed by atoms with Gasteiger partial charge in [-0.3, -0.25) is 0 Å². The summed E-state index contributed by atoms with van der Waals surface area (Å²) in [7, 11) is -5.86. The topological polar surface area (TPSA) is 92.8 Å². The second-order valence-electron chi connectivity index (χ2n) is 6.53. The van der Waals surface area contributed by atoms with E-state index < -0.39 is 20.0 Å². The highest BCUT2D eigenvalue weighted by Gasteiger charge is 2.34. The van der Waals surface area contributed by atoms with E-state index in [1.54, 1.807) is 35.7 Å². The summed E-state index contributed by atoms with van der Waals surface area (Å²) in [6.07, 6.45) is 2.88. The highest BCUT2D eigenvalue weighted by atomic mass is 32.2. The lowest BCUT2D eigenvalue weighted by atomic mass is 10.0. The Hall–Kier alpha value is -1.46. The molecule has 1 fully saturated rings. The van der Waals surface area contributed by atoms with E-state index in [0.717, 1.165) is 19.3 Å². The maximum absolute atomic E-state index is 12.9. The van der Waals surface area contributed by atoms with Gasteiger partial charge in [0.2, 0.25) is 10.0 Å². The summed E-state index contributed by atoms with van der Waals surface area (Å²) in [4.78, 5) is 0.0733. The number of nitrogens with zero attached hydrogens (tertiary/aromatic N) is 1. The first-order chi connectivity index (χ1) is 13.4. The molecule has 28 heavy (non-hydrogen) atoms. The lowest BCUT2D eigenvalue weighted by molar-refractivity contribution is 0.242. The van der Waals surface area contributed by atoms with E-state index in [1.165, 1.54) is 28.8 Å². The Morgan fingerprint density at radius 1 is 1.14 bits per heavy atom. The van der Waals surface area contributed by atoms with E-state index in [9.17, 15) is 16.8 Å². The van der Waals surface area contributed by atoms with Gasteiger partial charge in [-0.05, 0) is 42.8 Å². The second kappa shape index (κ2) is 8.91. The van der Waals surface area contributed by atoms with Crippen LogP contribution in [-0.4, -0.2) is 47.4 Å². The largest absolute Gasteiger partial charge is 0.495 e. The standard InChI is InChI=1S/C18H24N2O5S3/c1-25-16-8-2-3-9-17(16)27(21,22)19-12-11-15-7-4-5-13-20(15)28(23,24)18-10-6-14-26-18/h2-3,6,8-10,14-15,19H,4-5,7,11-13H2,1H3. The number of ether oxygens (including phenoxy) is 1. The number of para-hydroxylation sites is 1. The Bertz CT molecular complexity index is 988. The zero-order chi connectivity index (χ0) is 20.2. The van der Waals surface area contributed by atoms with Gasteiger partial charge in [-0.15, -0.1) is 11.3 Å². The maximum Gasteiger partial charge on any atom is 0.252 e. The van der Waals surface area contributed by atoms with Crippen molar-refractivity contribution in [2.75, 3.05) is 20.2 Å². The van der Waals surface area contributed by atoms with Crippen LogP contribution in [0.5, 0.6) is 5.75 Å². The van der Waals surface area contributed by atoms with Gasteiger partial charge >= 0.3 is 0 Å². The van der Waals surface area contributed by atoms with E-state index >= 15 is 0 Å². The molecule has 1 N–H and O–H groups in total. The fourth-order valence-electron chi connectivity index (χ4n) is 3.38. The Morgan fingerprint density at radius 2 is 1.93 bits per heavy atom. The number of nitrogens with one attached hydrogen (secondary N) is 1. The van der Waals surface area contributed by atoms with E-state index in [-0.39, 0.29) is 23.2 Å². The molecule has 2 heterocycles. The average Bonchev–Trinajstić information content (AvgIpc) is 3.24. The summed E-state index contributed by atoms with van der Waals surface area (Å²) in [6, 6.07) is 9.51. The van der Waals surface area contributed by atoms with Crippen molar-refractivity contribution in [2.24, 2.45) is 0 Å². The molecule has 10 heteroatoms. The number of sulfonamides is 2. The molecule has 0 bridgehead atoms. The lowest BCUT2D eigenvalue weighted by Crippen LogP contribution is -2.44. The Morgan fingerprint density at radius 3 is 2.64 bits per heavy atom. The van der Waals surface area contributed by atoms with Gasteiger partial charge in [0.25, 0.3) is 10.0 Å². The molecule has 1 aliphatic rings. The summed E-state index contributed by atoms with van der Waals surface area (Å²) in [5.74, 6) is 0.273. The normalized spacial score (nSPS) is 18.8. The molecule has 1 aliphatic heterocycles. The van der Waals surface area contributed by atoms with Crippen LogP contribution in [0.25, 0.3) is 0 Å². The molecule has 154 valence electrons. The molecule has 0 aliphatic carbocycles. The van der Waals surface area contributed by atoms with Gasteiger partial charge < -0.3 is 4.74 Å². The molecule has 0 saturated carbocycles. The molecule has 7 nitrogen and oxygen atoms in total. The second-order valence-corrected chi connectivity index (χ2v) is 11.3. The number of thiophene rings is 1. The van der Waals surface area contributed by atoms with Crippen LogP contribution in [-0.2, 0) is 20.0 Å². The van der Waals surface area contributed by atoms with Crippen molar-refractivity contribution in [2.45, 2.75) is 40.8 Å². The molecular weight excluding hydrogens is 420 g/mol.